The molecule has 0 unspecified atom stereocenters. The minimum atomic E-state index is -0.516. The Kier molecular flexibility index (Phi) is 4.91. The van der Waals surface area contributed by atoms with Crippen LogP contribution in [0.25, 0.3) is 0 Å². The van der Waals surface area contributed by atoms with E-state index in [1.165, 1.54) is 37.5 Å². The van der Waals surface area contributed by atoms with Crippen molar-refractivity contribution in [2.45, 2.75) is 19.3 Å². The molecule has 6 nitrogen and oxygen atoms in total. The van der Waals surface area contributed by atoms with Crippen molar-refractivity contribution in [2.75, 3.05) is 26.2 Å². The SMILES string of the molecule is N#Cc1cc([N+](=O)[O-])ccc1OCCN1CCCCC1. The zero-order valence-corrected chi connectivity index (χ0v) is 11.2. The van der Waals surface area contributed by atoms with Crippen LogP contribution >= 0.6 is 0 Å². The van der Waals surface area contributed by atoms with E-state index >= 15 is 0 Å². The summed E-state index contributed by atoms with van der Waals surface area (Å²) in [6, 6.07) is 6.03. The fourth-order valence-corrected chi connectivity index (χ4v) is 2.31. The van der Waals surface area contributed by atoms with Crippen molar-refractivity contribution < 1.29 is 9.66 Å². The van der Waals surface area contributed by atoms with Crippen LogP contribution in [-0.2, 0) is 0 Å². The highest BCUT2D eigenvalue weighted by atomic mass is 16.6. The number of hydrogen-bond donors (Lipinski definition) is 0. The molecule has 0 radical (unpaired) electrons. The Morgan fingerprint density at radius 1 is 1.35 bits per heavy atom. The number of non-ortho nitro benzene ring substituents is 1. The van der Waals surface area contributed by atoms with Gasteiger partial charge < -0.3 is 4.74 Å². The summed E-state index contributed by atoms with van der Waals surface area (Å²) < 4.78 is 5.58. The van der Waals surface area contributed by atoms with Gasteiger partial charge in [0.2, 0.25) is 0 Å². The fraction of sp³-hybridized carbons (Fsp3) is 0.500. The van der Waals surface area contributed by atoms with Gasteiger partial charge in [0.1, 0.15) is 24.0 Å². The lowest BCUT2D eigenvalue weighted by Crippen LogP contribution is -2.33. The van der Waals surface area contributed by atoms with Gasteiger partial charge in [0, 0.05) is 18.7 Å². The molecule has 0 N–H and O–H groups in total. The van der Waals surface area contributed by atoms with Gasteiger partial charge >= 0.3 is 0 Å². The summed E-state index contributed by atoms with van der Waals surface area (Å²) in [5.74, 6) is 0.412. The molecule has 0 aliphatic carbocycles. The van der Waals surface area contributed by atoms with Gasteiger partial charge in [-0.25, -0.2) is 0 Å². The Morgan fingerprint density at radius 3 is 2.75 bits per heavy atom. The van der Waals surface area contributed by atoms with Gasteiger partial charge in [0.25, 0.3) is 5.69 Å². The first kappa shape index (κ1) is 14.3. The molecule has 106 valence electrons. The van der Waals surface area contributed by atoms with Gasteiger partial charge in [-0.05, 0) is 32.0 Å². The quantitative estimate of drug-likeness (QED) is 0.608. The van der Waals surface area contributed by atoms with Gasteiger partial charge in [-0.3, -0.25) is 15.0 Å². The van der Waals surface area contributed by atoms with Crippen molar-refractivity contribution in [2.24, 2.45) is 0 Å². The van der Waals surface area contributed by atoms with Gasteiger partial charge in [-0.2, -0.15) is 5.26 Å². The summed E-state index contributed by atoms with van der Waals surface area (Å²) in [6.45, 7) is 3.50. The van der Waals surface area contributed by atoms with Gasteiger partial charge in [0.05, 0.1) is 4.92 Å². The lowest BCUT2D eigenvalue weighted by molar-refractivity contribution is -0.384. The number of benzene rings is 1. The van der Waals surface area contributed by atoms with E-state index in [0.29, 0.717) is 12.4 Å². The minimum Gasteiger partial charge on any atom is -0.491 e. The average Bonchev–Trinajstić information content (AvgIpc) is 2.48. The molecule has 0 amide bonds. The van der Waals surface area contributed by atoms with E-state index < -0.39 is 4.92 Å². The Balaban J connectivity index is 1.92. The van der Waals surface area contributed by atoms with Crippen LogP contribution in [0, 0.1) is 21.4 Å². The van der Waals surface area contributed by atoms with Gasteiger partial charge in [-0.15, -0.1) is 0 Å². The fourth-order valence-electron chi connectivity index (χ4n) is 2.31. The largest absolute Gasteiger partial charge is 0.491 e. The van der Waals surface area contributed by atoms with Crippen molar-refractivity contribution in [1.82, 2.24) is 4.90 Å². The zero-order valence-electron chi connectivity index (χ0n) is 11.2. The molecular weight excluding hydrogens is 258 g/mol. The Hall–Kier alpha value is -2.13. The molecule has 1 aliphatic heterocycles. The first-order chi connectivity index (χ1) is 9.70. The van der Waals surface area contributed by atoms with Gasteiger partial charge in [0.15, 0.2) is 0 Å². The molecule has 0 bridgehead atoms. The molecule has 1 aliphatic rings. The number of nitriles is 1. The monoisotopic (exact) mass is 275 g/mol. The van der Waals surface area contributed by atoms with E-state index in [-0.39, 0.29) is 11.3 Å². The summed E-state index contributed by atoms with van der Waals surface area (Å²) in [4.78, 5) is 12.5. The molecule has 1 fully saturated rings. The van der Waals surface area contributed by atoms with Crippen LogP contribution < -0.4 is 4.74 Å². The Morgan fingerprint density at radius 2 is 2.10 bits per heavy atom. The lowest BCUT2D eigenvalue weighted by Gasteiger charge is -2.26. The first-order valence-electron chi connectivity index (χ1n) is 6.74. The molecule has 20 heavy (non-hydrogen) atoms. The smallest absolute Gasteiger partial charge is 0.271 e. The number of nitrogens with zero attached hydrogens (tertiary/aromatic N) is 3. The lowest BCUT2D eigenvalue weighted by atomic mass is 10.1. The van der Waals surface area contributed by atoms with Crippen LogP contribution in [0.5, 0.6) is 5.75 Å². The highest BCUT2D eigenvalue weighted by molar-refractivity contribution is 5.50. The average molecular weight is 275 g/mol. The van der Waals surface area contributed by atoms with Crippen LogP contribution in [0.4, 0.5) is 5.69 Å². The van der Waals surface area contributed by atoms with Crippen molar-refractivity contribution in [1.29, 1.82) is 5.26 Å². The maximum absolute atomic E-state index is 10.6. The second-order valence-corrected chi connectivity index (χ2v) is 4.80. The second-order valence-electron chi connectivity index (χ2n) is 4.80. The molecule has 2 rings (SSSR count). The summed E-state index contributed by atoms with van der Waals surface area (Å²) in [6.07, 6.45) is 3.74. The number of piperidine rings is 1. The van der Waals surface area contributed by atoms with E-state index in [2.05, 4.69) is 4.90 Å². The van der Waals surface area contributed by atoms with Crippen LogP contribution in [0.3, 0.4) is 0 Å². The van der Waals surface area contributed by atoms with Crippen LogP contribution in [0.15, 0.2) is 18.2 Å². The van der Waals surface area contributed by atoms with Gasteiger partial charge in [-0.1, -0.05) is 6.42 Å². The molecule has 1 saturated heterocycles. The Labute approximate surface area is 117 Å². The predicted octanol–water partition coefficient (Wildman–Crippen LogP) is 2.33. The molecular formula is C14H17N3O3. The van der Waals surface area contributed by atoms with E-state index in [9.17, 15) is 10.1 Å². The minimum absolute atomic E-state index is 0.0927. The maximum Gasteiger partial charge on any atom is 0.271 e. The summed E-state index contributed by atoms with van der Waals surface area (Å²) >= 11 is 0. The zero-order chi connectivity index (χ0) is 14.4. The molecule has 1 heterocycles. The number of ether oxygens (including phenoxy) is 1. The molecule has 0 saturated carbocycles. The summed E-state index contributed by atoms with van der Waals surface area (Å²) in [7, 11) is 0. The number of likely N-dealkylation sites (tertiary alicyclic amines) is 1. The Bertz CT molecular complexity index is 519. The third kappa shape index (κ3) is 3.68. The van der Waals surface area contributed by atoms with Crippen LogP contribution in [0.1, 0.15) is 24.8 Å². The van der Waals surface area contributed by atoms with Crippen LogP contribution in [0.2, 0.25) is 0 Å². The number of nitro groups is 1. The summed E-state index contributed by atoms with van der Waals surface area (Å²) in [5.41, 5.74) is 0.114. The predicted molar refractivity (Wildman–Crippen MR) is 73.6 cm³/mol. The van der Waals surface area contributed by atoms with E-state index in [0.717, 1.165) is 19.6 Å². The van der Waals surface area contributed by atoms with E-state index in [1.807, 2.05) is 6.07 Å². The molecule has 1 aromatic carbocycles. The second kappa shape index (κ2) is 6.87. The highest BCUT2D eigenvalue weighted by Gasteiger charge is 2.13. The van der Waals surface area contributed by atoms with Crippen molar-refractivity contribution >= 4 is 5.69 Å². The van der Waals surface area contributed by atoms with Crippen molar-refractivity contribution in [3.8, 4) is 11.8 Å². The highest BCUT2D eigenvalue weighted by Crippen LogP contribution is 2.23. The molecule has 6 heteroatoms. The molecule has 1 aromatic rings. The first-order valence-corrected chi connectivity index (χ1v) is 6.74. The van der Waals surface area contributed by atoms with Crippen molar-refractivity contribution in [3.05, 3.63) is 33.9 Å². The van der Waals surface area contributed by atoms with E-state index in [1.54, 1.807) is 0 Å². The topological polar surface area (TPSA) is 79.4 Å². The number of rotatable bonds is 5. The molecule has 0 aromatic heterocycles. The standard InChI is InChI=1S/C14H17N3O3/c15-11-12-10-13(17(18)19)4-5-14(12)20-9-8-16-6-2-1-3-7-16/h4-5,10H,1-3,6-9H2. The number of nitro benzene ring substituents is 1. The third-order valence-corrected chi connectivity index (χ3v) is 3.41. The van der Waals surface area contributed by atoms with Crippen molar-refractivity contribution in [3.63, 3.8) is 0 Å². The van der Waals surface area contributed by atoms with Crippen LogP contribution in [-0.4, -0.2) is 36.1 Å². The third-order valence-electron chi connectivity index (χ3n) is 3.41. The molecule has 0 atom stereocenters. The van der Waals surface area contributed by atoms with E-state index in [4.69, 9.17) is 10.00 Å². The molecule has 0 spiro atoms. The number of hydrogen-bond acceptors (Lipinski definition) is 5. The maximum atomic E-state index is 10.6. The summed E-state index contributed by atoms with van der Waals surface area (Å²) in [5, 5.41) is 19.7. The normalized spacial score (nSPS) is 15.6.